The predicted molar refractivity (Wildman–Crippen MR) is 148 cm³/mol. The van der Waals surface area contributed by atoms with Gasteiger partial charge >= 0.3 is 0 Å². The van der Waals surface area contributed by atoms with Gasteiger partial charge < -0.3 is 9.30 Å². The molecular weight excluding hydrogens is 460 g/mol. The number of hydrogen-bond acceptors (Lipinski definition) is 4. The monoisotopic (exact) mass is 492 g/mol. The fourth-order valence-electron chi connectivity index (χ4n) is 6.06. The molecule has 6 rings (SSSR count). The fraction of sp³-hybridized carbons (Fsp3) is 0.300. The number of nitrogens with zero attached hydrogens (tertiary/aromatic N) is 5. The van der Waals surface area contributed by atoms with Gasteiger partial charge in [-0.25, -0.2) is 4.68 Å². The van der Waals surface area contributed by atoms with Gasteiger partial charge in [-0.15, -0.1) is 5.10 Å². The third kappa shape index (κ3) is 3.90. The molecule has 0 spiro atoms. The molecule has 7 heteroatoms. The lowest BCUT2D eigenvalue weighted by Gasteiger charge is -2.33. The molecule has 0 saturated carbocycles. The number of rotatable bonds is 6. The van der Waals surface area contributed by atoms with E-state index in [9.17, 15) is 0 Å². The van der Waals surface area contributed by atoms with Crippen molar-refractivity contribution in [2.45, 2.75) is 32.7 Å². The minimum atomic E-state index is 0.161. The number of aromatic amines is 1. The highest BCUT2D eigenvalue weighted by molar-refractivity contribution is 6.09. The van der Waals surface area contributed by atoms with Crippen molar-refractivity contribution in [3.63, 3.8) is 0 Å². The second-order valence-electron chi connectivity index (χ2n) is 9.93. The summed E-state index contributed by atoms with van der Waals surface area (Å²) in [4.78, 5) is 0. The van der Waals surface area contributed by atoms with Crippen molar-refractivity contribution in [2.75, 3.05) is 13.2 Å². The van der Waals surface area contributed by atoms with Crippen LogP contribution in [0.1, 0.15) is 47.1 Å². The van der Waals surface area contributed by atoms with Crippen LogP contribution in [0.5, 0.6) is 0 Å². The van der Waals surface area contributed by atoms with Crippen molar-refractivity contribution in [2.24, 2.45) is 13.0 Å². The Bertz CT molecular complexity index is 1590. The summed E-state index contributed by atoms with van der Waals surface area (Å²) in [5, 5.41) is 18.4. The lowest BCUT2D eigenvalue weighted by atomic mass is 9.86. The van der Waals surface area contributed by atoms with Crippen molar-refractivity contribution >= 4 is 33.5 Å². The Morgan fingerprint density at radius 3 is 2.62 bits per heavy atom. The number of nitrogens with one attached hydrogen (secondary N) is 1. The number of benzene rings is 2. The molecule has 0 aliphatic carbocycles. The van der Waals surface area contributed by atoms with Crippen LogP contribution in [0.2, 0.25) is 0 Å². The van der Waals surface area contributed by atoms with Crippen molar-refractivity contribution in [3.05, 3.63) is 89.5 Å². The number of H-pyrrole nitrogens is 1. The molecule has 7 nitrogen and oxygen atoms in total. The molecule has 0 bridgehead atoms. The Hall–Kier alpha value is -3.97. The van der Waals surface area contributed by atoms with Crippen molar-refractivity contribution in [1.29, 1.82) is 0 Å². The summed E-state index contributed by atoms with van der Waals surface area (Å²) in [7, 11) is 1.93. The van der Waals surface area contributed by atoms with Crippen LogP contribution in [0, 0.1) is 19.8 Å². The summed E-state index contributed by atoms with van der Waals surface area (Å²) in [6.07, 6.45) is 8.16. The smallest absolute Gasteiger partial charge is 0.0911 e. The van der Waals surface area contributed by atoms with Gasteiger partial charge in [0, 0.05) is 42.3 Å². The van der Waals surface area contributed by atoms with Gasteiger partial charge in [-0.05, 0) is 61.9 Å². The zero-order chi connectivity index (χ0) is 25.5. The van der Waals surface area contributed by atoms with E-state index in [1.807, 2.05) is 30.9 Å². The fourth-order valence-corrected chi connectivity index (χ4v) is 6.06. The largest absolute Gasteiger partial charge is 0.381 e. The van der Waals surface area contributed by atoms with Crippen molar-refractivity contribution < 1.29 is 4.74 Å². The zero-order valence-corrected chi connectivity index (χ0v) is 21.6. The summed E-state index contributed by atoms with van der Waals surface area (Å²) in [6.45, 7) is 9.96. The highest BCUT2D eigenvalue weighted by Gasteiger charge is 2.31. The summed E-state index contributed by atoms with van der Waals surface area (Å²) in [5.74, 6) is 0.450. The molecule has 1 N–H and O–H groups in total. The van der Waals surface area contributed by atoms with Crippen LogP contribution in [0.15, 0.2) is 61.3 Å². The first-order chi connectivity index (χ1) is 18.1. The van der Waals surface area contributed by atoms with Crippen LogP contribution in [0.3, 0.4) is 0 Å². The summed E-state index contributed by atoms with van der Waals surface area (Å²) in [5.41, 5.74) is 8.81. The van der Waals surface area contributed by atoms with E-state index in [1.54, 1.807) is 0 Å². The molecule has 0 amide bonds. The van der Waals surface area contributed by atoms with Gasteiger partial charge in [0.2, 0.25) is 0 Å². The summed E-state index contributed by atoms with van der Waals surface area (Å²) >= 11 is 0. The molecule has 1 aliphatic rings. The second kappa shape index (κ2) is 9.48. The maximum absolute atomic E-state index is 5.79. The van der Waals surface area contributed by atoms with Gasteiger partial charge in [0.25, 0.3) is 0 Å². The average Bonchev–Trinajstić information content (AvgIpc) is 3.61. The molecule has 2 aromatic carbocycles. The van der Waals surface area contributed by atoms with Crippen LogP contribution >= 0.6 is 0 Å². The third-order valence-corrected chi connectivity index (χ3v) is 7.79. The van der Waals surface area contributed by atoms with Crippen LogP contribution in [0.25, 0.3) is 33.5 Å². The molecule has 4 heterocycles. The van der Waals surface area contributed by atoms with Gasteiger partial charge in [-0.1, -0.05) is 48.2 Å². The number of fused-ring (bicyclic) bond motifs is 3. The highest BCUT2D eigenvalue weighted by Crippen LogP contribution is 2.42. The lowest BCUT2D eigenvalue weighted by Crippen LogP contribution is -2.27. The van der Waals surface area contributed by atoms with Gasteiger partial charge in [-0.2, -0.15) is 5.10 Å². The molecule has 188 valence electrons. The maximum atomic E-state index is 5.79. The number of hydrogen-bond donors (Lipinski definition) is 1. The molecule has 1 saturated heterocycles. The van der Waals surface area contributed by atoms with Crippen molar-refractivity contribution in [1.82, 2.24) is 29.8 Å². The SMILES string of the molecule is C=C/C(=C\c1c(C)c2c3cn[nH]c3ccc2n1[C@H](c1ccccc1)C1CCOCC1)c1c(C)nnn1C. The Morgan fingerprint density at radius 1 is 1.14 bits per heavy atom. The zero-order valence-electron chi connectivity index (χ0n) is 21.6. The predicted octanol–water partition coefficient (Wildman–Crippen LogP) is 6.01. The quantitative estimate of drug-likeness (QED) is 0.295. The summed E-state index contributed by atoms with van der Waals surface area (Å²) in [6, 6.07) is 15.4. The number of aryl methyl sites for hydroxylation is 3. The van der Waals surface area contributed by atoms with E-state index in [2.05, 4.69) is 87.1 Å². The molecule has 1 atom stereocenters. The number of aromatic nitrogens is 6. The Kier molecular flexibility index (Phi) is 6.00. The van der Waals surface area contributed by atoms with E-state index < -0.39 is 0 Å². The van der Waals surface area contributed by atoms with Crippen LogP contribution in [0.4, 0.5) is 0 Å². The third-order valence-electron chi connectivity index (χ3n) is 7.79. The van der Waals surface area contributed by atoms with E-state index in [0.717, 1.165) is 53.9 Å². The Labute approximate surface area is 216 Å². The van der Waals surface area contributed by atoms with Gasteiger partial charge in [0.1, 0.15) is 0 Å². The molecule has 3 aromatic heterocycles. The van der Waals surface area contributed by atoms with Gasteiger partial charge in [0.15, 0.2) is 0 Å². The Morgan fingerprint density at radius 2 is 1.92 bits per heavy atom. The van der Waals surface area contributed by atoms with Crippen molar-refractivity contribution in [3.8, 4) is 0 Å². The molecule has 0 unspecified atom stereocenters. The molecule has 0 radical (unpaired) electrons. The van der Waals surface area contributed by atoms with E-state index in [0.29, 0.717) is 5.92 Å². The lowest BCUT2D eigenvalue weighted by molar-refractivity contribution is 0.0547. The highest BCUT2D eigenvalue weighted by atomic mass is 16.5. The minimum Gasteiger partial charge on any atom is -0.381 e. The van der Waals surface area contributed by atoms with E-state index >= 15 is 0 Å². The standard InChI is InChI=1S/C30H32N6O/c1-5-21(29-20(3)32-34-35(29)4)17-27-19(2)28-24-18-31-33-25(24)11-12-26(28)36(27)30(22-9-7-6-8-10-22)23-13-15-37-16-14-23/h5-12,17-18,23,30H,1,13-16H2,2-4H3,(H,31,33)/b21-17+/t30-/m1/s1. The molecule has 1 fully saturated rings. The average molecular weight is 493 g/mol. The van der Waals surface area contributed by atoms with Gasteiger partial charge in [-0.3, -0.25) is 5.10 Å². The second-order valence-corrected chi connectivity index (χ2v) is 9.93. The number of ether oxygens (including phenoxy) is 1. The molecular formula is C30H32N6O. The van der Waals surface area contributed by atoms with E-state index in [-0.39, 0.29) is 6.04 Å². The summed E-state index contributed by atoms with van der Waals surface area (Å²) < 4.78 is 10.2. The van der Waals surface area contributed by atoms with Crippen LogP contribution in [-0.4, -0.2) is 43.0 Å². The topological polar surface area (TPSA) is 73.6 Å². The van der Waals surface area contributed by atoms with Crippen LogP contribution < -0.4 is 0 Å². The van der Waals surface area contributed by atoms with E-state index in [1.165, 1.54) is 27.7 Å². The first-order valence-electron chi connectivity index (χ1n) is 12.9. The normalized spacial score (nSPS) is 16.0. The van der Waals surface area contributed by atoms with E-state index in [4.69, 9.17) is 4.74 Å². The first kappa shape index (κ1) is 23.4. The molecule has 5 aromatic rings. The maximum Gasteiger partial charge on any atom is 0.0911 e. The Balaban J connectivity index is 1.69. The number of allylic oxidation sites excluding steroid dienone is 2. The van der Waals surface area contributed by atoms with Gasteiger partial charge in [0.05, 0.1) is 34.7 Å². The molecule has 37 heavy (non-hydrogen) atoms. The van der Waals surface area contributed by atoms with Crippen LogP contribution in [-0.2, 0) is 11.8 Å². The first-order valence-corrected chi connectivity index (χ1v) is 12.9. The molecule has 1 aliphatic heterocycles. The minimum absolute atomic E-state index is 0.161.